The standard InChI is InChI=1S/C6H15O4P.Na.H/c1-4-8-11(7,9-5-2)10-6-3;;/h4-6H2,1-3H3;;. The molecule has 0 aliphatic rings. The maximum atomic E-state index is 11.3. The van der Waals surface area contributed by atoms with Gasteiger partial charge in [0.15, 0.2) is 0 Å². The van der Waals surface area contributed by atoms with Crippen molar-refractivity contribution < 1.29 is 18.1 Å². The molecule has 0 spiro atoms. The van der Waals surface area contributed by atoms with Crippen LogP contribution in [0.2, 0.25) is 0 Å². The first-order valence-electron chi connectivity index (χ1n) is 3.72. The van der Waals surface area contributed by atoms with Crippen LogP contribution in [0.25, 0.3) is 0 Å². The molecule has 0 N–H and O–H groups in total. The van der Waals surface area contributed by atoms with Crippen LogP contribution in [-0.2, 0) is 18.1 Å². The number of hydrogen-bond donors (Lipinski definition) is 0. The summed E-state index contributed by atoms with van der Waals surface area (Å²) in [7, 11) is -3.22. The summed E-state index contributed by atoms with van der Waals surface area (Å²) in [6.45, 7) is 6.21. The molecule has 0 saturated heterocycles. The summed E-state index contributed by atoms with van der Waals surface area (Å²) in [4.78, 5) is 0. The van der Waals surface area contributed by atoms with Crippen molar-refractivity contribution in [1.29, 1.82) is 0 Å². The van der Waals surface area contributed by atoms with E-state index >= 15 is 0 Å². The molecule has 0 saturated carbocycles. The van der Waals surface area contributed by atoms with Crippen LogP contribution in [0.15, 0.2) is 0 Å². The molecule has 12 heavy (non-hydrogen) atoms. The van der Waals surface area contributed by atoms with E-state index in [1.807, 2.05) is 0 Å². The van der Waals surface area contributed by atoms with Crippen LogP contribution in [0.3, 0.4) is 0 Å². The third kappa shape index (κ3) is 6.61. The van der Waals surface area contributed by atoms with Gasteiger partial charge in [-0.15, -0.1) is 0 Å². The molecule has 0 atom stereocenters. The van der Waals surface area contributed by atoms with Gasteiger partial charge in [-0.1, -0.05) is 0 Å². The van der Waals surface area contributed by atoms with Crippen LogP contribution in [0.5, 0.6) is 0 Å². The summed E-state index contributed by atoms with van der Waals surface area (Å²) < 4.78 is 25.8. The topological polar surface area (TPSA) is 44.8 Å². The van der Waals surface area contributed by atoms with Crippen molar-refractivity contribution in [2.24, 2.45) is 0 Å². The van der Waals surface area contributed by atoms with E-state index in [9.17, 15) is 4.57 Å². The molecule has 0 aliphatic heterocycles. The number of rotatable bonds is 6. The maximum absolute atomic E-state index is 11.3. The van der Waals surface area contributed by atoms with Gasteiger partial charge in [0.2, 0.25) is 0 Å². The summed E-state index contributed by atoms with van der Waals surface area (Å²) in [5.74, 6) is 0. The molecule has 0 heterocycles. The van der Waals surface area contributed by atoms with Gasteiger partial charge in [-0.3, -0.25) is 13.6 Å². The molecule has 0 bridgehead atoms. The van der Waals surface area contributed by atoms with Crippen molar-refractivity contribution in [1.82, 2.24) is 0 Å². The number of phosphoric acid groups is 1. The van der Waals surface area contributed by atoms with Gasteiger partial charge in [-0.25, -0.2) is 4.57 Å². The Bertz CT molecular complexity index is 118. The SMILES string of the molecule is CCOP(=O)(OCC)OCC.[NaH]. The molecule has 0 aromatic rings. The zero-order valence-corrected chi connectivity index (χ0v) is 8.10. The van der Waals surface area contributed by atoms with Crippen molar-refractivity contribution >= 4 is 37.4 Å². The average molecular weight is 206 g/mol. The fourth-order valence-corrected chi connectivity index (χ4v) is 1.76. The summed E-state index contributed by atoms with van der Waals surface area (Å²) in [6, 6.07) is 0. The number of phosphoric ester groups is 1. The normalized spacial score (nSPS) is 10.9. The molecular formula is C6H16NaO4P. The molecule has 0 radical (unpaired) electrons. The first-order valence-corrected chi connectivity index (χ1v) is 5.18. The minimum atomic E-state index is -3.22. The van der Waals surface area contributed by atoms with Gasteiger partial charge in [0.1, 0.15) is 0 Å². The fraction of sp³-hybridized carbons (Fsp3) is 1.00. The second-order valence-corrected chi connectivity index (χ2v) is 3.37. The van der Waals surface area contributed by atoms with E-state index < -0.39 is 7.82 Å². The van der Waals surface area contributed by atoms with Crippen LogP contribution >= 0.6 is 7.82 Å². The molecule has 0 rings (SSSR count). The van der Waals surface area contributed by atoms with Crippen LogP contribution in [-0.4, -0.2) is 49.4 Å². The van der Waals surface area contributed by atoms with E-state index in [-0.39, 0.29) is 29.6 Å². The molecular weight excluding hydrogens is 190 g/mol. The molecule has 0 aromatic carbocycles. The van der Waals surface area contributed by atoms with Crippen molar-refractivity contribution in [2.75, 3.05) is 19.8 Å². The van der Waals surface area contributed by atoms with E-state index in [1.54, 1.807) is 20.8 Å². The number of hydrogen-bond acceptors (Lipinski definition) is 4. The third-order valence-electron chi connectivity index (χ3n) is 0.862. The Morgan fingerprint density at radius 3 is 1.33 bits per heavy atom. The van der Waals surface area contributed by atoms with Gasteiger partial charge >= 0.3 is 37.4 Å². The summed E-state index contributed by atoms with van der Waals surface area (Å²) in [5, 5.41) is 0. The van der Waals surface area contributed by atoms with Crippen LogP contribution in [0, 0.1) is 0 Å². The van der Waals surface area contributed by atoms with Gasteiger partial charge < -0.3 is 0 Å². The molecule has 0 aliphatic carbocycles. The van der Waals surface area contributed by atoms with Gasteiger partial charge in [0.05, 0.1) is 19.8 Å². The zero-order valence-electron chi connectivity index (χ0n) is 7.20. The molecule has 0 fully saturated rings. The van der Waals surface area contributed by atoms with Crippen molar-refractivity contribution in [3.63, 3.8) is 0 Å². The summed E-state index contributed by atoms with van der Waals surface area (Å²) >= 11 is 0. The van der Waals surface area contributed by atoms with E-state index in [0.717, 1.165) is 0 Å². The Hall–Kier alpha value is 1.11. The van der Waals surface area contributed by atoms with Crippen LogP contribution < -0.4 is 0 Å². The van der Waals surface area contributed by atoms with E-state index in [0.29, 0.717) is 19.8 Å². The minimum absolute atomic E-state index is 0. The molecule has 0 unspecified atom stereocenters. The predicted molar refractivity (Wildman–Crippen MR) is 49.6 cm³/mol. The van der Waals surface area contributed by atoms with E-state index in [2.05, 4.69) is 0 Å². The first-order chi connectivity index (χ1) is 5.18. The van der Waals surface area contributed by atoms with Gasteiger partial charge in [-0.2, -0.15) is 0 Å². The fourth-order valence-electron chi connectivity index (χ4n) is 0.586. The molecule has 0 amide bonds. The van der Waals surface area contributed by atoms with Gasteiger partial charge in [0, 0.05) is 0 Å². The summed E-state index contributed by atoms with van der Waals surface area (Å²) in [5.41, 5.74) is 0. The van der Waals surface area contributed by atoms with E-state index in [1.165, 1.54) is 0 Å². The zero-order chi connectivity index (χ0) is 8.74. The summed E-state index contributed by atoms with van der Waals surface area (Å²) in [6.07, 6.45) is 0. The van der Waals surface area contributed by atoms with Crippen LogP contribution in [0.4, 0.5) is 0 Å². The second-order valence-electron chi connectivity index (χ2n) is 1.70. The Morgan fingerprint density at radius 2 is 1.17 bits per heavy atom. The van der Waals surface area contributed by atoms with Crippen molar-refractivity contribution in [2.45, 2.75) is 20.8 Å². The van der Waals surface area contributed by atoms with Crippen molar-refractivity contribution in [3.8, 4) is 0 Å². The first kappa shape index (κ1) is 15.6. The quantitative estimate of drug-likeness (QED) is 0.488. The second kappa shape index (κ2) is 8.70. The molecule has 70 valence electrons. The Labute approximate surface area is 95.9 Å². The predicted octanol–water partition coefficient (Wildman–Crippen LogP) is 1.56. The molecule has 0 aromatic heterocycles. The Balaban J connectivity index is 0. The van der Waals surface area contributed by atoms with Crippen molar-refractivity contribution in [3.05, 3.63) is 0 Å². The average Bonchev–Trinajstić information content (AvgIpc) is 1.88. The Kier molecular flexibility index (Phi) is 11.3. The monoisotopic (exact) mass is 206 g/mol. The van der Waals surface area contributed by atoms with Gasteiger partial charge in [0.25, 0.3) is 0 Å². The molecule has 4 nitrogen and oxygen atoms in total. The Morgan fingerprint density at radius 1 is 0.917 bits per heavy atom. The van der Waals surface area contributed by atoms with E-state index in [4.69, 9.17) is 13.6 Å². The third-order valence-corrected chi connectivity index (χ3v) is 2.58. The molecule has 6 heteroatoms. The van der Waals surface area contributed by atoms with Gasteiger partial charge in [-0.05, 0) is 20.8 Å². The van der Waals surface area contributed by atoms with Crippen LogP contribution in [0.1, 0.15) is 20.8 Å².